The van der Waals surface area contributed by atoms with Gasteiger partial charge in [0.1, 0.15) is 0 Å². The molecular formula is C11H14N4O5. The highest BCUT2D eigenvalue weighted by Crippen LogP contribution is 2.37. The first-order valence-electron chi connectivity index (χ1n) is 5.58. The van der Waals surface area contributed by atoms with Gasteiger partial charge in [-0.2, -0.15) is 0 Å². The minimum atomic E-state index is -0.974. The zero-order valence-corrected chi connectivity index (χ0v) is 11.2. The molecule has 0 aliphatic carbocycles. The van der Waals surface area contributed by atoms with Crippen molar-refractivity contribution in [1.29, 1.82) is 0 Å². The Bertz CT molecular complexity index is 556. The number of nitrogens with zero attached hydrogens (tertiary/aromatic N) is 2. The second kappa shape index (κ2) is 5.11. The summed E-state index contributed by atoms with van der Waals surface area (Å²) in [6, 6.07) is 1.84. The van der Waals surface area contributed by atoms with Crippen molar-refractivity contribution in [3.05, 3.63) is 37.9 Å². The normalized spacial score (nSPS) is 10.9. The molecule has 1 aromatic carbocycles. The Kier molecular flexibility index (Phi) is 3.92. The molecule has 20 heavy (non-hydrogen) atoms. The quantitative estimate of drug-likeness (QED) is 0.637. The summed E-state index contributed by atoms with van der Waals surface area (Å²) in [4.78, 5) is 31.6. The topological polar surface area (TPSA) is 141 Å². The first-order chi connectivity index (χ1) is 9.03. The van der Waals surface area contributed by atoms with Crippen LogP contribution in [0.3, 0.4) is 0 Å². The third-order valence-electron chi connectivity index (χ3n) is 2.27. The van der Waals surface area contributed by atoms with Gasteiger partial charge in [-0.15, -0.1) is 0 Å². The number of hydrogen-bond donors (Lipinski definition) is 2. The number of nitrogens with two attached hydrogens (primary N) is 1. The van der Waals surface area contributed by atoms with E-state index in [1.54, 1.807) is 20.8 Å². The molecule has 9 nitrogen and oxygen atoms in total. The summed E-state index contributed by atoms with van der Waals surface area (Å²) in [5.41, 5.74) is 2.71. The number of nitrogens with one attached hydrogen (secondary N) is 1. The van der Waals surface area contributed by atoms with E-state index in [0.717, 1.165) is 12.1 Å². The SMILES string of the molecule is CC(C)(C)Nc1c([N+](=O)[O-])cc(C(N)=O)cc1[N+](=O)[O-]. The molecule has 0 saturated carbocycles. The fourth-order valence-corrected chi connectivity index (χ4v) is 1.55. The molecule has 0 saturated heterocycles. The van der Waals surface area contributed by atoms with Crippen LogP contribution in [0.5, 0.6) is 0 Å². The molecule has 0 bridgehead atoms. The highest BCUT2D eigenvalue weighted by atomic mass is 16.6. The number of nitro benzene ring substituents is 2. The number of carbonyl (C=O) groups excluding carboxylic acids is 1. The summed E-state index contributed by atoms with van der Waals surface area (Å²) in [5, 5.41) is 24.8. The van der Waals surface area contributed by atoms with Gasteiger partial charge in [-0.1, -0.05) is 0 Å². The molecule has 0 unspecified atom stereocenters. The molecule has 1 aromatic rings. The van der Waals surface area contributed by atoms with Crippen LogP contribution in [0.25, 0.3) is 0 Å². The van der Waals surface area contributed by atoms with Crippen molar-refractivity contribution < 1.29 is 14.6 Å². The first-order valence-corrected chi connectivity index (χ1v) is 5.58. The van der Waals surface area contributed by atoms with E-state index in [1.807, 2.05) is 0 Å². The lowest BCUT2D eigenvalue weighted by Gasteiger charge is -2.21. The van der Waals surface area contributed by atoms with Crippen LogP contribution in [0.2, 0.25) is 0 Å². The molecule has 0 spiro atoms. The van der Waals surface area contributed by atoms with E-state index in [4.69, 9.17) is 5.73 Å². The monoisotopic (exact) mass is 282 g/mol. The first kappa shape index (κ1) is 15.3. The van der Waals surface area contributed by atoms with E-state index in [9.17, 15) is 25.0 Å². The molecule has 1 amide bonds. The molecule has 0 fully saturated rings. The van der Waals surface area contributed by atoms with Gasteiger partial charge in [0.05, 0.1) is 15.4 Å². The fraction of sp³-hybridized carbons (Fsp3) is 0.364. The third kappa shape index (κ3) is 3.40. The van der Waals surface area contributed by atoms with Gasteiger partial charge in [-0.25, -0.2) is 0 Å². The van der Waals surface area contributed by atoms with Crippen molar-refractivity contribution >= 4 is 23.0 Å². The Balaban J connectivity index is 3.64. The number of amides is 1. The van der Waals surface area contributed by atoms with Crippen LogP contribution >= 0.6 is 0 Å². The van der Waals surface area contributed by atoms with Gasteiger partial charge in [0.15, 0.2) is 5.69 Å². The van der Waals surface area contributed by atoms with Crippen molar-refractivity contribution in [3.63, 3.8) is 0 Å². The van der Waals surface area contributed by atoms with Gasteiger partial charge < -0.3 is 11.1 Å². The summed E-state index contributed by atoms with van der Waals surface area (Å²) in [7, 11) is 0. The third-order valence-corrected chi connectivity index (χ3v) is 2.27. The molecule has 108 valence electrons. The van der Waals surface area contributed by atoms with Gasteiger partial charge in [0.25, 0.3) is 11.4 Å². The van der Waals surface area contributed by atoms with Gasteiger partial charge in [-0.05, 0) is 20.8 Å². The maximum absolute atomic E-state index is 11.1. The van der Waals surface area contributed by atoms with Gasteiger partial charge in [-0.3, -0.25) is 25.0 Å². The largest absolute Gasteiger partial charge is 0.369 e. The van der Waals surface area contributed by atoms with Crippen molar-refractivity contribution in [3.8, 4) is 0 Å². The van der Waals surface area contributed by atoms with E-state index in [-0.39, 0.29) is 11.3 Å². The Morgan fingerprint density at radius 1 is 1.15 bits per heavy atom. The predicted molar refractivity (Wildman–Crippen MR) is 71.6 cm³/mol. The molecule has 0 aromatic heterocycles. The number of nitro groups is 2. The molecular weight excluding hydrogens is 268 g/mol. The van der Waals surface area contributed by atoms with Crippen LogP contribution < -0.4 is 11.1 Å². The zero-order valence-electron chi connectivity index (χ0n) is 11.2. The van der Waals surface area contributed by atoms with E-state index < -0.39 is 32.7 Å². The number of hydrogen-bond acceptors (Lipinski definition) is 6. The Morgan fingerprint density at radius 3 is 1.80 bits per heavy atom. The van der Waals surface area contributed by atoms with Crippen LogP contribution in [0, 0.1) is 20.2 Å². The Labute approximate surface area is 114 Å². The minimum absolute atomic E-state index is 0.252. The summed E-state index contributed by atoms with van der Waals surface area (Å²) in [5.74, 6) is -0.974. The lowest BCUT2D eigenvalue weighted by molar-refractivity contribution is -0.392. The maximum atomic E-state index is 11.1. The summed E-state index contributed by atoms with van der Waals surface area (Å²) < 4.78 is 0. The standard InChI is InChI=1S/C11H14N4O5/c1-11(2,3)13-9-7(14(17)18)4-6(10(12)16)5-8(9)15(19)20/h4-5,13H,1-3H3,(H2,12,16). The molecule has 1 rings (SSSR count). The predicted octanol–water partition coefficient (Wildman–Crippen LogP) is 1.81. The van der Waals surface area contributed by atoms with Gasteiger partial charge in [0, 0.05) is 17.7 Å². The van der Waals surface area contributed by atoms with E-state index in [1.165, 1.54) is 0 Å². The van der Waals surface area contributed by atoms with Crippen molar-refractivity contribution in [2.75, 3.05) is 5.32 Å². The van der Waals surface area contributed by atoms with Gasteiger partial charge >= 0.3 is 0 Å². The van der Waals surface area contributed by atoms with Crippen LogP contribution in [0.15, 0.2) is 12.1 Å². The molecule has 0 atom stereocenters. The Hall–Kier alpha value is -2.71. The van der Waals surface area contributed by atoms with Crippen molar-refractivity contribution in [2.45, 2.75) is 26.3 Å². The van der Waals surface area contributed by atoms with E-state index in [0.29, 0.717) is 0 Å². The van der Waals surface area contributed by atoms with Crippen LogP contribution in [0.4, 0.5) is 17.1 Å². The lowest BCUT2D eigenvalue weighted by atomic mass is 10.1. The number of primary amides is 1. The molecule has 3 N–H and O–H groups in total. The van der Waals surface area contributed by atoms with Crippen LogP contribution in [-0.2, 0) is 0 Å². The fourth-order valence-electron chi connectivity index (χ4n) is 1.55. The minimum Gasteiger partial charge on any atom is -0.369 e. The van der Waals surface area contributed by atoms with Crippen LogP contribution in [-0.4, -0.2) is 21.3 Å². The van der Waals surface area contributed by atoms with Crippen molar-refractivity contribution in [1.82, 2.24) is 0 Å². The van der Waals surface area contributed by atoms with Crippen LogP contribution in [0.1, 0.15) is 31.1 Å². The second-order valence-corrected chi connectivity index (χ2v) is 5.14. The number of benzene rings is 1. The second-order valence-electron chi connectivity index (χ2n) is 5.14. The lowest BCUT2D eigenvalue weighted by Crippen LogP contribution is -2.27. The van der Waals surface area contributed by atoms with Gasteiger partial charge in [0.2, 0.25) is 5.91 Å². The Morgan fingerprint density at radius 2 is 1.55 bits per heavy atom. The average molecular weight is 282 g/mol. The number of carbonyl (C=O) groups is 1. The highest BCUT2D eigenvalue weighted by Gasteiger charge is 2.30. The molecule has 0 radical (unpaired) electrons. The molecule has 9 heteroatoms. The smallest absolute Gasteiger partial charge is 0.300 e. The molecule has 0 heterocycles. The zero-order chi connectivity index (χ0) is 15.7. The number of anilines is 1. The average Bonchev–Trinajstić information content (AvgIpc) is 2.25. The van der Waals surface area contributed by atoms with E-state index in [2.05, 4.69) is 5.32 Å². The molecule has 0 aliphatic heterocycles. The number of rotatable bonds is 4. The summed E-state index contributed by atoms with van der Waals surface area (Å²) >= 11 is 0. The summed E-state index contributed by atoms with van der Waals surface area (Å²) in [6.07, 6.45) is 0. The molecule has 0 aliphatic rings. The maximum Gasteiger partial charge on any atom is 0.300 e. The highest BCUT2D eigenvalue weighted by molar-refractivity contribution is 5.96. The van der Waals surface area contributed by atoms with Crippen molar-refractivity contribution in [2.24, 2.45) is 5.73 Å². The van der Waals surface area contributed by atoms with E-state index >= 15 is 0 Å². The summed E-state index contributed by atoms with van der Waals surface area (Å²) in [6.45, 7) is 5.09.